The average Bonchev–Trinajstić information content (AvgIpc) is 2.68. The normalized spacial score (nSPS) is 18.5. The van der Waals surface area contributed by atoms with Crippen molar-refractivity contribution in [2.75, 3.05) is 31.7 Å². The third-order valence-electron chi connectivity index (χ3n) is 4.29. The fourth-order valence-electron chi connectivity index (χ4n) is 2.82. The van der Waals surface area contributed by atoms with Gasteiger partial charge in [0, 0.05) is 35.5 Å². The summed E-state index contributed by atoms with van der Waals surface area (Å²) in [7, 11) is -4.06. The molecule has 1 aromatic carbocycles. The number of amides is 2. The van der Waals surface area contributed by atoms with Gasteiger partial charge >= 0.3 is 11.9 Å². The lowest BCUT2D eigenvalue weighted by Crippen LogP contribution is -2.50. The van der Waals surface area contributed by atoms with Crippen LogP contribution in [-0.4, -0.2) is 57.7 Å². The van der Waals surface area contributed by atoms with Gasteiger partial charge < -0.3 is 15.0 Å². The Morgan fingerprint density at radius 3 is 2.76 bits per heavy atom. The highest BCUT2D eigenvalue weighted by atomic mass is 32.2. The van der Waals surface area contributed by atoms with E-state index < -0.39 is 30.5 Å². The first-order chi connectivity index (χ1) is 13.6. The lowest BCUT2D eigenvalue weighted by Gasteiger charge is -2.32. The van der Waals surface area contributed by atoms with Crippen LogP contribution < -0.4 is 20.1 Å². The predicted octanol–water partition coefficient (Wildman–Crippen LogP) is 2.92. The van der Waals surface area contributed by atoms with Gasteiger partial charge in [-0.05, 0) is 53.0 Å². The summed E-state index contributed by atoms with van der Waals surface area (Å²) in [6.45, 7) is 7.18. The number of nitrogens with one attached hydrogen (secondary N) is 2. The Labute approximate surface area is 173 Å². The maximum atomic E-state index is 13.6. The van der Waals surface area contributed by atoms with Gasteiger partial charge in [-0.1, -0.05) is 15.2 Å². The van der Waals surface area contributed by atoms with Crippen molar-refractivity contribution in [3.8, 4) is 5.75 Å². The van der Waals surface area contributed by atoms with Crippen LogP contribution in [0.25, 0.3) is 0 Å². The van der Waals surface area contributed by atoms with Crippen molar-refractivity contribution in [3.05, 3.63) is 30.2 Å². The number of rotatable bonds is 8. The second-order valence-electron chi connectivity index (χ2n) is 6.37. The molecule has 0 aromatic heterocycles. The minimum Gasteiger partial charge on any atom is -0.429 e. The smallest absolute Gasteiger partial charge is 0.411 e. The van der Waals surface area contributed by atoms with Gasteiger partial charge in [0.25, 0.3) is 0 Å². The third kappa shape index (κ3) is 7.14. The van der Waals surface area contributed by atoms with Crippen molar-refractivity contribution in [2.24, 2.45) is 0 Å². The molecule has 1 heterocycles. The van der Waals surface area contributed by atoms with Gasteiger partial charge in [0.1, 0.15) is 5.75 Å². The third-order valence-corrected chi connectivity index (χ3v) is 7.00. The van der Waals surface area contributed by atoms with Crippen molar-refractivity contribution >= 4 is 44.2 Å². The minimum absolute atomic E-state index is 0.0973. The van der Waals surface area contributed by atoms with Gasteiger partial charge in [-0.15, -0.1) is 0 Å². The van der Waals surface area contributed by atoms with Crippen LogP contribution in [0.1, 0.15) is 12.8 Å². The summed E-state index contributed by atoms with van der Waals surface area (Å²) in [5.41, 5.74) is 0.461. The van der Waals surface area contributed by atoms with E-state index in [1.54, 1.807) is 6.07 Å². The van der Waals surface area contributed by atoms with Crippen LogP contribution in [0, 0.1) is 0 Å². The quantitative estimate of drug-likeness (QED) is 0.576. The van der Waals surface area contributed by atoms with Crippen LogP contribution in [0.3, 0.4) is 0 Å². The number of sulfonamides is 1. The van der Waals surface area contributed by atoms with Gasteiger partial charge in [0.05, 0.1) is 0 Å². The molecule has 2 N–H and O–H groups in total. The Morgan fingerprint density at radius 1 is 1.41 bits per heavy atom. The van der Waals surface area contributed by atoms with Crippen molar-refractivity contribution in [3.63, 3.8) is 0 Å². The SMILES string of the molecule is C=CS(=O)(=O)N[C@@H]1CCCN(C(=O)Nc2ccc(OC(F)(F)PC)c(PC)c2)C1. The highest BCUT2D eigenvalue weighted by molar-refractivity contribution is 7.92. The van der Waals surface area contributed by atoms with Crippen molar-refractivity contribution in [1.29, 1.82) is 0 Å². The summed E-state index contributed by atoms with van der Waals surface area (Å²) >= 11 is 0. The molecule has 1 fully saturated rings. The number of benzene rings is 1. The number of likely N-dealkylation sites (tertiary alicyclic amines) is 1. The Bertz CT molecular complexity index is 855. The summed E-state index contributed by atoms with van der Waals surface area (Å²) in [5.74, 6) is -3.12. The lowest BCUT2D eigenvalue weighted by atomic mass is 10.1. The second-order valence-corrected chi connectivity index (χ2v) is 10.2. The molecular weight excluding hydrogens is 442 g/mol. The minimum atomic E-state index is -3.58. The van der Waals surface area contributed by atoms with E-state index in [0.29, 0.717) is 30.4 Å². The molecule has 0 aliphatic carbocycles. The molecule has 162 valence electrons. The van der Waals surface area contributed by atoms with Crippen LogP contribution in [-0.2, 0) is 10.0 Å². The topological polar surface area (TPSA) is 87.7 Å². The standard InChI is InChI=1S/C17H25F2N3O4P2S/c1-4-29(24,25)21-13-6-5-9-22(11-13)16(23)20-12-7-8-14(15(10-12)27-2)26-17(18,19)28-3/h4,7-8,10,13,21,27-28H,1,5-6,9,11H2,2-3H3,(H,20,23)/t13-/m1/s1. The highest BCUT2D eigenvalue weighted by Gasteiger charge is 2.30. The molecule has 1 aliphatic rings. The Morgan fingerprint density at radius 2 is 2.14 bits per heavy atom. The fourth-order valence-corrected chi connectivity index (χ4v) is 4.47. The fraction of sp³-hybridized carbons (Fsp3) is 0.471. The molecule has 3 atom stereocenters. The van der Waals surface area contributed by atoms with Crippen LogP contribution in [0.5, 0.6) is 5.75 Å². The number of carbonyl (C=O) groups excluding carboxylic acids is 1. The molecule has 1 saturated heterocycles. The number of halogens is 2. The molecule has 29 heavy (non-hydrogen) atoms. The molecule has 0 bridgehead atoms. The molecule has 1 aromatic rings. The summed E-state index contributed by atoms with van der Waals surface area (Å²) < 4.78 is 57.7. The van der Waals surface area contributed by atoms with Crippen molar-refractivity contribution in [2.45, 2.75) is 24.7 Å². The molecule has 12 heteroatoms. The van der Waals surface area contributed by atoms with Gasteiger partial charge in [-0.25, -0.2) is 17.9 Å². The summed E-state index contributed by atoms with van der Waals surface area (Å²) in [6, 6.07) is 3.77. The summed E-state index contributed by atoms with van der Waals surface area (Å²) in [4.78, 5) is 14.1. The van der Waals surface area contributed by atoms with E-state index in [-0.39, 0.29) is 26.9 Å². The first kappa shape index (κ1) is 23.9. The van der Waals surface area contributed by atoms with E-state index in [4.69, 9.17) is 4.74 Å². The first-order valence-electron chi connectivity index (χ1n) is 8.87. The van der Waals surface area contributed by atoms with Crippen molar-refractivity contribution in [1.82, 2.24) is 9.62 Å². The lowest BCUT2D eigenvalue weighted by molar-refractivity contribution is -0.0907. The molecule has 2 amide bonds. The number of alkyl halides is 2. The Kier molecular flexibility index (Phi) is 8.35. The average molecular weight is 467 g/mol. The van der Waals surface area contributed by atoms with Gasteiger partial charge in [0.15, 0.2) is 0 Å². The molecule has 0 saturated carbocycles. The summed E-state index contributed by atoms with van der Waals surface area (Å²) in [5, 5.41) is 4.16. The van der Waals surface area contributed by atoms with E-state index in [0.717, 1.165) is 5.41 Å². The molecule has 2 unspecified atom stereocenters. The second kappa shape index (κ2) is 10.1. The first-order valence-corrected chi connectivity index (χ1v) is 13.4. The van der Waals surface area contributed by atoms with Crippen molar-refractivity contribution < 1.29 is 26.7 Å². The number of hydrogen-bond acceptors (Lipinski definition) is 4. The molecule has 0 spiro atoms. The van der Waals surface area contributed by atoms with Crippen LogP contribution >= 0.6 is 17.2 Å². The monoisotopic (exact) mass is 467 g/mol. The number of urea groups is 1. The maximum absolute atomic E-state index is 13.6. The number of piperidine rings is 1. The van der Waals surface area contributed by atoms with Gasteiger partial charge in [-0.2, -0.15) is 8.78 Å². The van der Waals surface area contributed by atoms with Crippen LogP contribution in [0.15, 0.2) is 30.2 Å². The zero-order valence-corrected chi connectivity index (χ0v) is 19.0. The number of nitrogens with zero attached hydrogens (tertiary/aromatic N) is 1. The summed E-state index contributed by atoms with van der Waals surface area (Å²) in [6.07, 6.45) is 1.27. The van der Waals surface area contributed by atoms with E-state index in [1.807, 2.05) is 6.66 Å². The molecule has 2 rings (SSSR count). The predicted molar refractivity (Wildman–Crippen MR) is 116 cm³/mol. The zero-order chi connectivity index (χ0) is 21.7. The number of hydrogen-bond donors (Lipinski definition) is 2. The Balaban J connectivity index is 2.05. The van der Waals surface area contributed by atoms with Gasteiger partial charge in [0.2, 0.25) is 10.0 Å². The zero-order valence-electron chi connectivity index (χ0n) is 16.2. The van der Waals surface area contributed by atoms with Gasteiger partial charge in [-0.3, -0.25) is 0 Å². The molecule has 7 nitrogen and oxygen atoms in total. The number of ether oxygens (including phenoxy) is 1. The number of carbonyl (C=O) groups is 1. The maximum Gasteiger partial charge on any atom is 0.411 e. The largest absolute Gasteiger partial charge is 0.429 e. The Hall–Kier alpha value is -1.34. The van der Waals surface area contributed by atoms with E-state index >= 15 is 0 Å². The van der Waals surface area contributed by atoms with E-state index in [1.165, 1.54) is 23.7 Å². The number of anilines is 1. The van der Waals surface area contributed by atoms with E-state index in [2.05, 4.69) is 16.6 Å². The molecular formula is C17H25F2N3O4P2S. The highest BCUT2D eigenvalue weighted by Crippen LogP contribution is 2.35. The van der Waals surface area contributed by atoms with Crippen LogP contribution in [0.4, 0.5) is 19.3 Å². The molecule has 1 aliphatic heterocycles. The molecule has 0 radical (unpaired) electrons. The van der Waals surface area contributed by atoms with E-state index in [9.17, 15) is 22.0 Å². The van der Waals surface area contributed by atoms with Crippen LogP contribution in [0.2, 0.25) is 0 Å².